The van der Waals surface area contributed by atoms with Crippen LogP contribution in [-0.4, -0.2) is 41.9 Å². The molecule has 1 fully saturated rings. The molecular formula is C44H40NO5-. The topological polar surface area (TPSA) is 82.1 Å². The number of hydrogen-bond acceptors (Lipinski definition) is 5. The van der Waals surface area contributed by atoms with Crippen molar-refractivity contribution >= 4 is 16.9 Å². The van der Waals surface area contributed by atoms with E-state index in [2.05, 4.69) is 66.7 Å². The predicted octanol–water partition coefficient (Wildman–Crippen LogP) is 7.28. The number of aliphatic hydroxyl groups is 1. The van der Waals surface area contributed by atoms with Crippen LogP contribution in [0.2, 0.25) is 0 Å². The van der Waals surface area contributed by atoms with Crippen LogP contribution in [-0.2, 0) is 28.3 Å². The Hall–Kier alpha value is -5.27. The minimum atomic E-state index is -1.23. The van der Waals surface area contributed by atoms with Gasteiger partial charge in [0.05, 0.1) is 25.9 Å². The normalized spacial score (nSPS) is 17.9. The molecule has 0 aromatic heterocycles. The van der Waals surface area contributed by atoms with E-state index in [0.29, 0.717) is 6.61 Å². The molecule has 1 N–H and O–H groups in total. The SMILES string of the molecule is O=C([O-])N1CC(COC(c2ccccc2)(c2ccccc2)c2ccccc2)C(c2ccc(CO)cc2)C(OCc2ccc3ccccc3c2)C1. The largest absolute Gasteiger partial charge is 0.530 e. The first kappa shape index (κ1) is 33.2. The number of likely N-dealkylation sites (tertiary alicyclic amines) is 1. The lowest BCUT2D eigenvalue weighted by Crippen LogP contribution is -2.56. The molecule has 0 saturated carbocycles. The number of rotatable bonds is 11. The Labute approximate surface area is 293 Å². The Morgan fingerprint density at radius 1 is 0.680 bits per heavy atom. The van der Waals surface area contributed by atoms with Gasteiger partial charge in [0.2, 0.25) is 0 Å². The molecule has 1 aliphatic heterocycles. The number of amides is 1. The minimum Gasteiger partial charge on any atom is -0.530 e. The van der Waals surface area contributed by atoms with Crippen LogP contribution in [0.25, 0.3) is 10.8 Å². The van der Waals surface area contributed by atoms with Crippen molar-refractivity contribution in [3.05, 3.63) is 191 Å². The summed E-state index contributed by atoms with van der Waals surface area (Å²) in [6.07, 6.45) is -1.72. The van der Waals surface area contributed by atoms with Gasteiger partial charge in [0.15, 0.2) is 0 Å². The van der Waals surface area contributed by atoms with Crippen molar-refractivity contribution in [2.24, 2.45) is 5.92 Å². The van der Waals surface area contributed by atoms with Crippen molar-refractivity contribution in [1.82, 2.24) is 4.90 Å². The highest BCUT2D eigenvalue weighted by Gasteiger charge is 2.43. The number of hydrogen-bond donors (Lipinski definition) is 1. The smallest absolute Gasteiger partial charge is 0.143 e. The van der Waals surface area contributed by atoms with E-state index >= 15 is 0 Å². The molecule has 0 radical (unpaired) electrons. The van der Waals surface area contributed by atoms with Gasteiger partial charge >= 0.3 is 0 Å². The molecule has 1 heterocycles. The van der Waals surface area contributed by atoms with E-state index in [1.807, 2.05) is 91.0 Å². The van der Waals surface area contributed by atoms with Gasteiger partial charge in [0.1, 0.15) is 11.7 Å². The Morgan fingerprint density at radius 3 is 1.78 bits per heavy atom. The fraction of sp³-hybridized carbons (Fsp3) is 0.205. The fourth-order valence-electron chi connectivity index (χ4n) is 7.43. The summed E-state index contributed by atoms with van der Waals surface area (Å²) >= 11 is 0. The second kappa shape index (κ2) is 15.1. The summed E-state index contributed by atoms with van der Waals surface area (Å²) in [5.41, 5.74) is 4.75. The molecule has 6 heteroatoms. The summed E-state index contributed by atoms with van der Waals surface area (Å²) in [6.45, 7) is 0.868. The zero-order chi connectivity index (χ0) is 34.3. The summed E-state index contributed by atoms with van der Waals surface area (Å²) < 4.78 is 14.0. The predicted molar refractivity (Wildman–Crippen MR) is 193 cm³/mol. The standard InChI is InChI=1S/C44H41NO5/c46-29-32-20-24-35(25-21-32)42-37(27-45(43(47)48)28-41(42)49-30-33-22-23-34-12-10-11-13-36(34)26-33)31-50-44(38-14-4-1-5-15-38,39-16-6-2-7-17-39)40-18-8-3-9-19-40/h1-26,37,41-42,46H,27-31H2,(H,47,48)/p-1. The number of carbonyl (C=O) groups excluding carboxylic acids is 1. The van der Waals surface area contributed by atoms with Crippen molar-refractivity contribution in [3.63, 3.8) is 0 Å². The Kier molecular flexibility index (Phi) is 10.0. The van der Waals surface area contributed by atoms with E-state index in [1.54, 1.807) is 0 Å². The molecule has 252 valence electrons. The summed E-state index contributed by atoms with van der Waals surface area (Å²) in [6, 6.07) is 52.9. The highest BCUT2D eigenvalue weighted by atomic mass is 16.5. The first-order valence-electron chi connectivity index (χ1n) is 17.1. The molecule has 50 heavy (non-hydrogen) atoms. The fourth-order valence-corrected chi connectivity index (χ4v) is 7.43. The third-order valence-electron chi connectivity index (χ3n) is 9.90. The molecule has 6 nitrogen and oxygen atoms in total. The van der Waals surface area contributed by atoms with Crippen molar-refractivity contribution in [3.8, 4) is 0 Å². The molecule has 0 aliphatic carbocycles. The first-order chi connectivity index (χ1) is 24.5. The molecule has 0 spiro atoms. The van der Waals surface area contributed by atoms with Crippen LogP contribution >= 0.6 is 0 Å². The maximum atomic E-state index is 12.5. The number of carbonyl (C=O) groups is 1. The van der Waals surface area contributed by atoms with Gasteiger partial charge in [-0.15, -0.1) is 0 Å². The van der Waals surface area contributed by atoms with Gasteiger partial charge in [-0.25, -0.2) is 0 Å². The van der Waals surface area contributed by atoms with Crippen molar-refractivity contribution in [2.75, 3.05) is 19.7 Å². The molecule has 3 unspecified atom stereocenters. The van der Waals surface area contributed by atoms with Gasteiger partial charge in [-0.3, -0.25) is 0 Å². The lowest BCUT2D eigenvalue weighted by atomic mass is 9.77. The molecule has 0 bridgehead atoms. The Balaban J connectivity index is 1.28. The van der Waals surface area contributed by atoms with Crippen molar-refractivity contribution < 1.29 is 24.5 Å². The van der Waals surface area contributed by atoms with Crippen LogP contribution in [0, 0.1) is 5.92 Å². The third kappa shape index (κ3) is 6.92. The second-order valence-corrected chi connectivity index (χ2v) is 13.0. The second-order valence-electron chi connectivity index (χ2n) is 13.0. The number of ether oxygens (including phenoxy) is 2. The van der Waals surface area contributed by atoms with Crippen LogP contribution < -0.4 is 5.11 Å². The van der Waals surface area contributed by atoms with Gasteiger partial charge in [0, 0.05) is 24.9 Å². The van der Waals surface area contributed by atoms with E-state index in [9.17, 15) is 15.0 Å². The molecule has 6 aromatic carbocycles. The highest BCUT2D eigenvalue weighted by molar-refractivity contribution is 5.82. The molecule has 1 amide bonds. The van der Waals surface area contributed by atoms with Gasteiger partial charge < -0.3 is 29.4 Å². The average Bonchev–Trinajstić information content (AvgIpc) is 3.18. The average molecular weight is 663 g/mol. The molecule has 1 aliphatic rings. The first-order valence-corrected chi connectivity index (χ1v) is 17.1. The summed E-state index contributed by atoms with van der Waals surface area (Å²) in [5.74, 6) is -0.502. The highest BCUT2D eigenvalue weighted by Crippen LogP contribution is 2.43. The van der Waals surface area contributed by atoms with Crippen LogP contribution in [0.5, 0.6) is 0 Å². The van der Waals surface area contributed by atoms with Crippen LogP contribution in [0.3, 0.4) is 0 Å². The lowest BCUT2D eigenvalue weighted by Gasteiger charge is -2.46. The zero-order valence-corrected chi connectivity index (χ0v) is 27.8. The number of carboxylic acid groups (broad SMARTS) is 1. The van der Waals surface area contributed by atoms with Crippen LogP contribution in [0.4, 0.5) is 4.79 Å². The maximum absolute atomic E-state index is 12.5. The molecule has 1 saturated heterocycles. The van der Waals surface area contributed by atoms with Gasteiger partial charge in [-0.1, -0.05) is 152 Å². The monoisotopic (exact) mass is 662 g/mol. The molecular weight excluding hydrogens is 622 g/mol. The zero-order valence-electron chi connectivity index (χ0n) is 27.8. The van der Waals surface area contributed by atoms with Crippen molar-refractivity contribution in [1.29, 1.82) is 0 Å². The maximum Gasteiger partial charge on any atom is 0.143 e. The van der Waals surface area contributed by atoms with E-state index in [0.717, 1.165) is 44.2 Å². The Morgan fingerprint density at radius 2 is 1.22 bits per heavy atom. The van der Waals surface area contributed by atoms with E-state index in [-0.39, 0.29) is 38.1 Å². The quantitative estimate of drug-likeness (QED) is 0.148. The number of aliphatic hydroxyl groups excluding tert-OH is 1. The van der Waals surface area contributed by atoms with E-state index < -0.39 is 17.8 Å². The van der Waals surface area contributed by atoms with Gasteiger partial charge in [-0.2, -0.15) is 0 Å². The lowest BCUT2D eigenvalue weighted by molar-refractivity contribution is -0.270. The summed E-state index contributed by atoms with van der Waals surface area (Å²) in [7, 11) is 0. The number of piperidine rings is 1. The number of fused-ring (bicyclic) bond motifs is 1. The number of nitrogens with zero attached hydrogens (tertiary/aromatic N) is 1. The van der Waals surface area contributed by atoms with Crippen LogP contribution in [0.1, 0.15) is 39.3 Å². The Bertz CT molecular complexity index is 1900. The van der Waals surface area contributed by atoms with E-state index in [1.165, 1.54) is 4.90 Å². The van der Waals surface area contributed by atoms with E-state index in [4.69, 9.17) is 9.47 Å². The van der Waals surface area contributed by atoms with Crippen molar-refractivity contribution in [2.45, 2.75) is 30.8 Å². The summed E-state index contributed by atoms with van der Waals surface area (Å²) in [5, 5.41) is 24.6. The van der Waals surface area contributed by atoms with Gasteiger partial charge in [-0.05, 0) is 50.2 Å². The number of benzene rings is 6. The third-order valence-corrected chi connectivity index (χ3v) is 9.90. The van der Waals surface area contributed by atoms with Crippen LogP contribution in [0.15, 0.2) is 158 Å². The minimum absolute atomic E-state index is 0.0639. The van der Waals surface area contributed by atoms with Gasteiger partial charge in [0.25, 0.3) is 0 Å². The summed E-state index contributed by atoms with van der Waals surface area (Å²) in [4.78, 5) is 13.9. The molecule has 6 aromatic rings. The molecule has 3 atom stereocenters. The molecule has 7 rings (SSSR count).